The zero-order valence-corrected chi connectivity index (χ0v) is 24.8. The molecule has 0 fully saturated rings. The molecule has 14 nitrogen and oxygen atoms in total. The quantitative estimate of drug-likeness (QED) is 0.265. The minimum Gasteiger partial charge on any atom is -0.336 e. The van der Waals surface area contributed by atoms with Crippen LogP contribution in [0.3, 0.4) is 0 Å². The van der Waals surface area contributed by atoms with E-state index in [1.165, 1.54) is 27.9 Å². The third-order valence-corrected chi connectivity index (χ3v) is 7.18. The van der Waals surface area contributed by atoms with Crippen molar-refractivity contribution in [2.24, 2.45) is 0 Å². The number of anilines is 4. The highest BCUT2D eigenvalue weighted by Crippen LogP contribution is 2.29. The summed E-state index contributed by atoms with van der Waals surface area (Å²) >= 11 is 6.14. The van der Waals surface area contributed by atoms with Crippen molar-refractivity contribution in [3.05, 3.63) is 92.0 Å². The smallest absolute Gasteiger partial charge is 0.276 e. The maximum absolute atomic E-state index is 12.8. The molecule has 43 heavy (non-hydrogen) atoms. The number of nitrogens with zero attached hydrogens (tertiary/aromatic N) is 6. The molecule has 0 radical (unpaired) electrons. The van der Waals surface area contributed by atoms with Gasteiger partial charge in [-0.1, -0.05) is 18.5 Å². The fraction of sp³-hybridized carbons (Fsp3) is 0.286. The molecule has 6 heterocycles. The van der Waals surface area contributed by atoms with Crippen LogP contribution in [0.25, 0.3) is 0 Å². The van der Waals surface area contributed by atoms with Gasteiger partial charge in [-0.25, -0.2) is 19.9 Å². The predicted octanol–water partition coefficient (Wildman–Crippen LogP) is 2.85. The van der Waals surface area contributed by atoms with Crippen LogP contribution in [0.1, 0.15) is 61.2 Å². The molecular weight excluding hydrogens is 576 g/mol. The fourth-order valence-electron chi connectivity index (χ4n) is 5.02. The molecule has 0 spiro atoms. The van der Waals surface area contributed by atoms with Crippen LogP contribution in [0.15, 0.2) is 58.9 Å². The summed E-state index contributed by atoms with van der Waals surface area (Å²) in [6.45, 7) is 9.02. The van der Waals surface area contributed by atoms with E-state index in [9.17, 15) is 19.2 Å². The van der Waals surface area contributed by atoms with Gasteiger partial charge in [-0.2, -0.15) is 0 Å². The van der Waals surface area contributed by atoms with Gasteiger partial charge in [0.1, 0.15) is 58.4 Å². The van der Waals surface area contributed by atoms with Crippen LogP contribution in [-0.4, -0.2) is 40.9 Å². The highest BCUT2D eigenvalue weighted by molar-refractivity contribution is 6.34. The number of carbonyl (C=O) groups excluding carboxylic acids is 2. The van der Waals surface area contributed by atoms with Crippen molar-refractivity contribution in [2.75, 3.05) is 10.6 Å². The van der Waals surface area contributed by atoms with Crippen LogP contribution in [0.5, 0.6) is 0 Å². The Morgan fingerprint density at radius 2 is 1.23 bits per heavy atom. The molecule has 4 aromatic heterocycles. The molecule has 15 heteroatoms. The van der Waals surface area contributed by atoms with E-state index in [1.807, 2.05) is 6.92 Å². The number of hydrogen-bond donors (Lipinski definition) is 4. The summed E-state index contributed by atoms with van der Waals surface area (Å²) in [7, 11) is 0. The average molecular weight is 605 g/mol. The van der Waals surface area contributed by atoms with E-state index in [4.69, 9.17) is 11.6 Å². The SMILES string of the molecule is CC1(C)NC(=O)c2c(Cl)cc(Nc3ccncn3)c(=O)n21.CCc1cc(Nc2ccncn2)c(=O)n2c1C(=O)NC2(C)C. The first-order valence-electron chi connectivity index (χ1n) is 13.3. The summed E-state index contributed by atoms with van der Waals surface area (Å²) in [4.78, 5) is 65.1. The van der Waals surface area contributed by atoms with Crippen molar-refractivity contribution in [3.8, 4) is 0 Å². The molecule has 0 aliphatic carbocycles. The van der Waals surface area contributed by atoms with Crippen LogP contribution >= 0.6 is 11.6 Å². The molecule has 0 bridgehead atoms. The van der Waals surface area contributed by atoms with Crippen molar-refractivity contribution in [1.82, 2.24) is 39.7 Å². The Morgan fingerprint density at radius 3 is 1.70 bits per heavy atom. The lowest BCUT2D eigenvalue weighted by Gasteiger charge is -2.22. The van der Waals surface area contributed by atoms with E-state index in [0.717, 1.165) is 5.56 Å². The molecule has 0 unspecified atom stereocenters. The summed E-state index contributed by atoms with van der Waals surface area (Å²) < 4.78 is 2.86. The number of hydrogen-bond acceptors (Lipinski definition) is 10. The third kappa shape index (κ3) is 5.44. The number of nitrogens with one attached hydrogen (secondary N) is 4. The molecule has 6 rings (SSSR count). The van der Waals surface area contributed by atoms with Gasteiger partial charge in [0.2, 0.25) is 0 Å². The van der Waals surface area contributed by atoms with Gasteiger partial charge in [0.25, 0.3) is 22.9 Å². The highest BCUT2D eigenvalue weighted by Gasteiger charge is 2.39. The molecule has 222 valence electrons. The van der Waals surface area contributed by atoms with Crippen LogP contribution in [0.2, 0.25) is 5.02 Å². The van der Waals surface area contributed by atoms with Crippen LogP contribution < -0.4 is 32.4 Å². The van der Waals surface area contributed by atoms with Gasteiger partial charge in [0.05, 0.1) is 5.02 Å². The molecule has 2 amide bonds. The van der Waals surface area contributed by atoms with Crippen LogP contribution in [-0.2, 0) is 17.7 Å². The van der Waals surface area contributed by atoms with Gasteiger partial charge < -0.3 is 21.3 Å². The minimum absolute atomic E-state index is 0.167. The maximum Gasteiger partial charge on any atom is 0.276 e. The normalized spacial score (nSPS) is 15.4. The van der Waals surface area contributed by atoms with Gasteiger partial charge in [-0.15, -0.1) is 0 Å². The summed E-state index contributed by atoms with van der Waals surface area (Å²) in [6, 6.07) is 6.45. The molecule has 0 saturated heterocycles. The first-order valence-corrected chi connectivity index (χ1v) is 13.7. The van der Waals surface area contributed by atoms with E-state index < -0.39 is 11.3 Å². The number of fused-ring (bicyclic) bond motifs is 2. The Balaban J connectivity index is 0.000000171. The first-order chi connectivity index (χ1) is 20.3. The summed E-state index contributed by atoms with van der Waals surface area (Å²) in [6.07, 6.45) is 6.57. The van der Waals surface area contributed by atoms with Crippen LogP contribution in [0, 0.1) is 0 Å². The van der Waals surface area contributed by atoms with Gasteiger partial charge >= 0.3 is 0 Å². The summed E-state index contributed by atoms with van der Waals surface area (Å²) in [5.41, 5.74) is -0.140. The second-order valence-corrected chi connectivity index (χ2v) is 11.2. The van der Waals surface area contributed by atoms with Crippen molar-refractivity contribution >= 4 is 46.4 Å². The van der Waals surface area contributed by atoms with Crippen molar-refractivity contribution < 1.29 is 9.59 Å². The standard InChI is InChI=1S/C15H17N5O2.C13H12ClN5O2/c1-4-9-7-10(18-11-5-6-16-8-17-11)14(22)20-12(9)13(21)19-15(20,2)3;1-13(2)18-11(20)10-7(14)5-8(12(21)19(10)13)17-9-3-4-15-6-16-9/h5-8H,4H2,1-3H3,(H,19,21)(H,16,17,18);3-6H,1-2H3,(H,18,20)(H,15,16,17). The van der Waals surface area contributed by atoms with Crippen molar-refractivity contribution in [1.29, 1.82) is 0 Å². The van der Waals surface area contributed by atoms with E-state index in [1.54, 1.807) is 58.3 Å². The zero-order chi connectivity index (χ0) is 31.1. The molecule has 0 saturated carbocycles. The number of aryl methyl sites for hydroxylation is 1. The van der Waals surface area contributed by atoms with Gasteiger partial charge in [-0.3, -0.25) is 28.3 Å². The Labute approximate surface area is 250 Å². The Bertz CT molecular complexity index is 1850. The van der Waals surface area contributed by atoms with Crippen LogP contribution in [0.4, 0.5) is 23.0 Å². The Kier molecular flexibility index (Phi) is 7.48. The number of aromatic nitrogens is 6. The summed E-state index contributed by atoms with van der Waals surface area (Å²) in [5.74, 6) is 0.418. The molecule has 4 aromatic rings. The molecule has 2 aliphatic rings. The number of pyridine rings is 2. The lowest BCUT2D eigenvalue weighted by molar-refractivity contribution is 0.0925. The lowest BCUT2D eigenvalue weighted by Crippen LogP contribution is -2.42. The van der Waals surface area contributed by atoms with E-state index in [2.05, 4.69) is 41.2 Å². The lowest BCUT2D eigenvalue weighted by atomic mass is 10.1. The number of halogens is 1. The van der Waals surface area contributed by atoms with Gasteiger partial charge in [0.15, 0.2) is 0 Å². The van der Waals surface area contributed by atoms with Crippen molar-refractivity contribution in [2.45, 2.75) is 52.4 Å². The second kappa shape index (κ2) is 10.9. The topological polar surface area (TPSA) is 178 Å². The average Bonchev–Trinajstić information content (AvgIpc) is 3.36. The third-order valence-electron chi connectivity index (χ3n) is 6.89. The molecular formula is C28H29ClN10O4. The highest BCUT2D eigenvalue weighted by atomic mass is 35.5. The van der Waals surface area contributed by atoms with E-state index in [-0.39, 0.29) is 39.3 Å². The molecule has 0 atom stereocenters. The van der Waals surface area contributed by atoms with E-state index >= 15 is 0 Å². The monoisotopic (exact) mass is 604 g/mol. The van der Waals surface area contributed by atoms with Gasteiger partial charge in [0, 0.05) is 12.4 Å². The van der Waals surface area contributed by atoms with Gasteiger partial charge in [-0.05, 0) is 63.9 Å². The first kappa shape index (κ1) is 29.4. The predicted molar refractivity (Wildman–Crippen MR) is 160 cm³/mol. The zero-order valence-electron chi connectivity index (χ0n) is 24.0. The molecule has 4 N–H and O–H groups in total. The summed E-state index contributed by atoms with van der Waals surface area (Å²) in [5, 5.41) is 11.6. The fourth-order valence-corrected chi connectivity index (χ4v) is 5.30. The second-order valence-electron chi connectivity index (χ2n) is 10.8. The number of carbonyl (C=O) groups is 2. The number of amides is 2. The number of rotatable bonds is 5. The molecule has 0 aromatic carbocycles. The minimum atomic E-state index is -0.837. The van der Waals surface area contributed by atoms with Crippen molar-refractivity contribution in [3.63, 3.8) is 0 Å². The largest absolute Gasteiger partial charge is 0.336 e. The van der Waals surface area contributed by atoms with E-state index in [0.29, 0.717) is 29.4 Å². The maximum atomic E-state index is 12.8. The Morgan fingerprint density at radius 1 is 0.767 bits per heavy atom. The Hall–Kier alpha value is -5.11. The molecule has 2 aliphatic heterocycles.